The van der Waals surface area contributed by atoms with Crippen LogP contribution in [0.25, 0.3) is 5.52 Å². The highest BCUT2D eigenvalue weighted by Gasteiger charge is 2.10. The molecule has 0 saturated heterocycles. The highest BCUT2D eigenvalue weighted by molar-refractivity contribution is 5.90. The summed E-state index contributed by atoms with van der Waals surface area (Å²) in [6.07, 6.45) is 3.23. The van der Waals surface area contributed by atoms with E-state index in [1.807, 2.05) is 32.2 Å². The zero-order valence-electron chi connectivity index (χ0n) is 8.68. The van der Waals surface area contributed by atoms with Gasteiger partial charge in [0.15, 0.2) is 0 Å². The average Bonchev–Trinajstić information content (AvgIpc) is 2.62. The van der Waals surface area contributed by atoms with Gasteiger partial charge in [-0.1, -0.05) is 0 Å². The fourth-order valence-corrected chi connectivity index (χ4v) is 1.32. The van der Waals surface area contributed by atoms with E-state index < -0.39 is 0 Å². The van der Waals surface area contributed by atoms with Gasteiger partial charge in [-0.3, -0.25) is 0 Å². The Hall–Kier alpha value is -1.84. The van der Waals surface area contributed by atoms with Crippen molar-refractivity contribution in [1.29, 1.82) is 0 Å². The summed E-state index contributed by atoms with van der Waals surface area (Å²) in [5.74, 6) is -0.332. The first-order valence-corrected chi connectivity index (χ1v) is 4.81. The van der Waals surface area contributed by atoms with E-state index in [2.05, 4.69) is 5.10 Å². The second-order valence-corrected chi connectivity index (χ2v) is 3.58. The second-order valence-electron chi connectivity index (χ2n) is 3.58. The van der Waals surface area contributed by atoms with Gasteiger partial charge in [-0.15, -0.1) is 0 Å². The van der Waals surface area contributed by atoms with Crippen molar-refractivity contribution in [2.75, 3.05) is 0 Å². The van der Waals surface area contributed by atoms with E-state index in [-0.39, 0.29) is 12.1 Å². The lowest BCUT2D eigenvalue weighted by molar-refractivity contribution is 0.0377. The van der Waals surface area contributed by atoms with E-state index in [9.17, 15) is 4.79 Å². The molecule has 2 rings (SSSR count). The molecule has 0 unspecified atom stereocenters. The first kappa shape index (κ1) is 9.71. The van der Waals surface area contributed by atoms with Crippen molar-refractivity contribution < 1.29 is 9.53 Å². The van der Waals surface area contributed by atoms with Gasteiger partial charge in [0, 0.05) is 6.20 Å². The Labute approximate surface area is 87.5 Å². The van der Waals surface area contributed by atoms with E-state index in [4.69, 9.17) is 4.74 Å². The van der Waals surface area contributed by atoms with Crippen LogP contribution in [0.1, 0.15) is 24.2 Å². The number of rotatable bonds is 2. The summed E-state index contributed by atoms with van der Waals surface area (Å²) in [5, 5.41) is 4.09. The van der Waals surface area contributed by atoms with Gasteiger partial charge in [-0.2, -0.15) is 5.10 Å². The van der Waals surface area contributed by atoms with Gasteiger partial charge in [0.25, 0.3) is 0 Å². The molecule has 2 aromatic rings. The predicted molar refractivity (Wildman–Crippen MR) is 55.7 cm³/mol. The van der Waals surface area contributed by atoms with Crippen molar-refractivity contribution in [2.45, 2.75) is 20.0 Å². The zero-order chi connectivity index (χ0) is 10.8. The maximum atomic E-state index is 11.5. The fraction of sp³-hybridized carbons (Fsp3) is 0.273. The lowest BCUT2D eigenvalue weighted by Gasteiger charge is -2.07. The van der Waals surface area contributed by atoms with Crippen LogP contribution < -0.4 is 0 Å². The number of carbonyl (C=O) groups excluding carboxylic acids is 1. The molecule has 0 aliphatic heterocycles. The van der Waals surface area contributed by atoms with Crippen molar-refractivity contribution >= 4 is 11.5 Å². The highest BCUT2D eigenvalue weighted by atomic mass is 16.5. The monoisotopic (exact) mass is 204 g/mol. The highest BCUT2D eigenvalue weighted by Crippen LogP contribution is 2.08. The SMILES string of the molecule is CC(C)OC(=O)c1cnn2cccc2c1. The number of hydrogen-bond donors (Lipinski definition) is 0. The molecule has 4 heteroatoms. The Morgan fingerprint density at radius 2 is 2.33 bits per heavy atom. The molecular formula is C11H12N2O2. The Kier molecular flexibility index (Phi) is 2.41. The molecule has 0 saturated carbocycles. The van der Waals surface area contributed by atoms with E-state index in [1.54, 1.807) is 10.6 Å². The van der Waals surface area contributed by atoms with Crippen molar-refractivity contribution in [3.63, 3.8) is 0 Å². The zero-order valence-corrected chi connectivity index (χ0v) is 8.68. The van der Waals surface area contributed by atoms with Crippen LogP contribution >= 0.6 is 0 Å². The molecule has 0 radical (unpaired) electrons. The molecule has 0 spiro atoms. The Bertz CT molecular complexity index is 488. The molecule has 0 amide bonds. The molecule has 0 N–H and O–H groups in total. The molecule has 78 valence electrons. The van der Waals surface area contributed by atoms with Gasteiger partial charge >= 0.3 is 5.97 Å². The van der Waals surface area contributed by atoms with Crippen LogP contribution in [0.4, 0.5) is 0 Å². The Morgan fingerprint density at radius 3 is 3.07 bits per heavy atom. The van der Waals surface area contributed by atoms with Crippen LogP contribution in [-0.2, 0) is 4.74 Å². The molecule has 15 heavy (non-hydrogen) atoms. The van der Waals surface area contributed by atoms with Crippen LogP contribution in [0.15, 0.2) is 30.6 Å². The van der Waals surface area contributed by atoms with Gasteiger partial charge in [-0.25, -0.2) is 9.31 Å². The van der Waals surface area contributed by atoms with E-state index in [0.717, 1.165) is 5.52 Å². The number of fused-ring (bicyclic) bond motifs is 1. The summed E-state index contributed by atoms with van der Waals surface area (Å²) in [4.78, 5) is 11.5. The number of aromatic nitrogens is 2. The smallest absolute Gasteiger partial charge is 0.340 e. The first-order chi connectivity index (χ1) is 7.16. The van der Waals surface area contributed by atoms with Crippen LogP contribution in [0.3, 0.4) is 0 Å². The minimum atomic E-state index is -0.332. The maximum Gasteiger partial charge on any atom is 0.340 e. The summed E-state index contributed by atoms with van der Waals surface area (Å²) in [7, 11) is 0. The van der Waals surface area contributed by atoms with E-state index >= 15 is 0 Å². The molecule has 0 aromatic carbocycles. The van der Waals surface area contributed by atoms with E-state index in [1.165, 1.54) is 6.20 Å². The Morgan fingerprint density at radius 1 is 1.53 bits per heavy atom. The number of carbonyl (C=O) groups is 1. The molecular weight excluding hydrogens is 192 g/mol. The molecule has 0 bridgehead atoms. The number of ether oxygens (including phenoxy) is 1. The van der Waals surface area contributed by atoms with Gasteiger partial charge in [0.1, 0.15) is 0 Å². The summed E-state index contributed by atoms with van der Waals surface area (Å²) in [6, 6.07) is 5.52. The molecule has 0 fully saturated rings. The van der Waals surface area contributed by atoms with Gasteiger partial charge < -0.3 is 4.74 Å². The lowest BCUT2D eigenvalue weighted by Crippen LogP contribution is -2.12. The normalized spacial score (nSPS) is 10.9. The fourth-order valence-electron chi connectivity index (χ4n) is 1.32. The summed E-state index contributed by atoms with van der Waals surface area (Å²) in [6.45, 7) is 3.64. The number of esters is 1. The van der Waals surface area contributed by atoms with Crippen molar-refractivity contribution in [3.8, 4) is 0 Å². The third-order valence-electron chi connectivity index (χ3n) is 1.96. The average molecular weight is 204 g/mol. The Balaban J connectivity index is 2.31. The van der Waals surface area contributed by atoms with Crippen molar-refractivity contribution in [2.24, 2.45) is 0 Å². The number of nitrogens with zero attached hydrogens (tertiary/aromatic N) is 2. The van der Waals surface area contributed by atoms with Crippen LogP contribution in [0.5, 0.6) is 0 Å². The molecule has 0 aliphatic rings. The summed E-state index contributed by atoms with van der Waals surface area (Å²) >= 11 is 0. The standard InChI is InChI=1S/C11H12N2O2/c1-8(2)15-11(14)9-6-10-4-3-5-13(10)12-7-9/h3-8H,1-2H3. The molecule has 4 nitrogen and oxygen atoms in total. The molecule has 2 aromatic heterocycles. The second kappa shape index (κ2) is 3.73. The minimum absolute atomic E-state index is 0.111. The third kappa shape index (κ3) is 1.98. The molecule has 2 heterocycles. The molecule has 0 aliphatic carbocycles. The van der Waals surface area contributed by atoms with Gasteiger partial charge in [0.05, 0.1) is 23.4 Å². The van der Waals surface area contributed by atoms with Gasteiger partial charge in [-0.05, 0) is 32.0 Å². The van der Waals surface area contributed by atoms with Crippen LogP contribution in [-0.4, -0.2) is 21.7 Å². The van der Waals surface area contributed by atoms with E-state index in [0.29, 0.717) is 5.56 Å². The predicted octanol–water partition coefficient (Wildman–Crippen LogP) is 1.90. The topological polar surface area (TPSA) is 43.6 Å². The first-order valence-electron chi connectivity index (χ1n) is 4.81. The van der Waals surface area contributed by atoms with Crippen LogP contribution in [0.2, 0.25) is 0 Å². The largest absolute Gasteiger partial charge is 0.459 e. The molecule has 0 atom stereocenters. The quantitative estimate of drug-likeness (QED) is 0.702. The van der Waals surface area contributed by atoms with Crippen molar-refractivity contribution in [3.05, 3.63) is 36.2 Å². The third-order valence-corrected chi connectivity index (χ3v) is 1.96. The summed E-state index contributed by atoms with van der Waals surface area (Å²) in [5.41, 5.74) is 1.36. The minimum Gasteiger partial charge on any atom is -0.459 e. The summed E-state index contributed by atoms with van der Waals surface area (Å²) < 4.78 is 6.77. The van der Waals surface area contributed by atoms with Crippen LogP contribution in [0, 0.1) is 0 Å². The maximum absolute atomic E-state index is 11.5. The van der Waals surface area contributed by atoms with Gasteiger partial charge in [0.2, 0.25) is 0 Å². The van der Waals surface area contributed by atoms with Crippen molar-refractivity contribution in [1.82, 2.24) is 9.61 Å². The number of hydrogen-bond acceptors (Lipinski definition) is 3. The lowest BCUT2D eigenvalue weighted by atomic mass is 10.3.